The number of rotatable bonds is 3. The number of aromatic nitrogens is 1. The van der Waals surface area contributed by atoms with Crippen LogP contribution in [-0.4, -0.2) is 45.8 Å². The Morgan fingerprint density at radius 1 is 1.25 bits per heavy atom. The highest BCUT2D eigenvalue weighted by molar-refractivity contribution is 7.22. The number of likely N-dealkylation sites (tertiary alicyclic amines) is 1. The lowest BCUT2D eigenvalue weighted by atomic mass is 9.52. The normalized spacial score (nSPS) is 39.5. The van der Waals surface area contributed by atoms with Crippen LogP contribution in [0.3, 0.4) is 0 Å². The number of nitrogens with one attached hydrogen (secondary N) is 1. The molecule has 7 rings (SSSR count). The smallest absolute Gasteiger partial charge is 0.184 e. The predicted octanol–water partition coefficient (Wildman–Crippen LogP) is 3.59. The summed E-state index contributed by atoms with van der Waals surface area (Å²) in [7, 11) is 0. The Morgan fingerprint density at radius 3 is 2.82 bits per heavy atom. The van der Waals surface area contributed by atoms with Crippen molar-refractivity contribution in [2.75, 3.05) is 18.4 Å². The number of anilines is 1. The molecule has 0 radical (unpaired) electrons. The van der Waals surface area contributed by atoms with Gasteiger partial charge in [-0.15, -0.1) is 0 Å². The Kier molecular flexibility index (Phi) is 3.78. The quantitative estimate of drug-likeness (QED) is 0.832. The molecule has 2 heterocycles. The highest BCUT2D eigenvalue weighted by atomic mass is 32.1. The summed E-state index contributed by atoms with van der Waals surface area (Å²) in [6, 6.07) is 9.03. The molecule has 1 aromatic heterocycles. The second-order valence-electron chi connectivity index (χ2n) is 9.62. The molecule has 6 atom stereocenters. The number of hydrogen-bond donors (Lipinski definition) is 2. The first-order chi connectivity index (χ1) is 13.6. The van der Waals surface area contributed by atoms with Gasteiger partial charge in [0.2, 0.25) is 0 Å². The highest BCUT2D eigenvalue weighted by Gasteiger charge is 2.56. The van der Waals surface area contributed by atoms with E-state index in [9.17, 15) is 5.11 Å². The van der Waals surface area contributed by atoms with Crippen LogP contribution >= 0.6 is 11.3 Å². The van der Waals surface area contributed by atoms with Gasteiger partial charge in [0, 0.05) is 25.2 Å². The van der Waals surface area contributed by atoms with Gasteiger partial charge in [0.25, 0.3) is 0 Å². The Bertz CT molecular complexity index is 949. The average Bonchev–Trinajstić information content (AvgIpc) is 3.26. The maximum atomic E-state index is 10.9. The van der Waals surface area contributed by atoms with Crippen molar-refractivity contribution in [3.05, 3.63) is 23.8 Å². The summed E-state index contributed by atoms with van der Waals surface area (Å²) in [5, 5.41) is 24.6. The number of fused-ring (bicyclic) bond motifs is 1. The van der Waals surface area contributed by atoms with Gasteiger partial charge in [0.05, 0.1) is 27.5 Å². The summed E-state index contributed by atoms with van der Waals surface area (Å²) < 4.78 is 1.07. The Hall–Kier alpha value is -1.68. The van der Waals surface area contributed by atoms with Crippen molar-refractivity contribution < 1.29 is 5.11 Å². The van der Waals surface area contributed by atoms with Crippen molar-refractivity contribution in [3.8, 4) is 6.07 Å². The zero-order chi connectivity index (χ0) is 18.9. The Morgan fingerprint density at radius 2 is 2.07 bits per heavy atom. The minimum absolute atomic E-state index is 0.340. The number of benzene rings is 1. The molecule has 2 aromatic rings. The molecule has 5 fully saturated rings. The van der Waals surface area contributed by atoms with E-state index in [1.165, 1.54) is 12.8 Å². The van der Waals surface area contributed by atoms with E-state index in [1.54, 1.807) is 11.3 Å². The fourth-order valence-electron chi connectivity index (χ4n) is 6.96. The number of aliphatic hydroxyl groups is 1. The summed E-state index contributed by atoms with van der Waals surface area (Å²) in [5.41, 5.74) is 1.32. The van der Waals surface area contributed by atoms with E-state index in [0.717, 1.165) is 60.0 Å². The molecule has 4 aliphatic carbocycles. The molecule has 5 aliphatic rings. The van der Waals surface area contributed by atoms with Crippen LogP contribution in [0, 0.1) is 29.1 Å². The molecule has 0 amide bonds. The first-order valence-corrected chi connectivity index (χ1v) is 11.4. The number of nitrogens with zero attached hydrogens (tertiary/aromatic N) is 3. The number of thiazole rings is 1. The number of nitriles is 1. The maximum Gasteiger partial charge on any atom is 0.184 e. The van der Waals surface area contributed by atoms with Crippen molar-refractivity contribution in [1.29, 1.82) is 5.26 Å². The molecule has 0 spiro atoms. The average molecular weight is 395 g/mol. The highest BCUT2D eigenvalue weighted by Crippen LogP contribution is 2.57. The first kappa shape index (κ1) is 17.2. The van der Waals surface area contributed by atoms with Crippen LogP contribution < -0.4 is 5.32 Å². The van der Waals surface area contributed by atoms with Gasteiger partial charge >= 0.3 is 0 Å². The maximum absolute atomic E-state index is 10.9. The third-order valence-corrected chi connectivity index (χ3v) is 8.63. The fraction of sp³-hybridized carbons (Fsp3) is 0.636. The van der Waals surface area contributed by atoms with Crippen LogP contribution in [0.15, 0.2) is 18.2 Å². The zero-order valence-electron chi connectivity index (χ0n) is 16.0. The van der Waals surface area contributed by atoms with Crippen molar-refractivity contribution in [3.63, 3.8) is 0 Å². The van der Waals surface area contributed by atoms with Crippen molar-refractivity contribution in [2.24, 2.45) is 17.8 Å². The molecule has 4 unspecified atom stereocenters. The van der Waals surface area contributed by atoms with E-state index in [0.29, 0.717) is 29.5 Å². The summed E-state index contributed by atoms with van der Waals surface area (Å²) in [6.07, 6.45) is 6.93. The van der Waals surface area contributed by atoms with Crippen molar-refractivity contribution in [2.45, 2.75) is 56.2 Å². The molecule has 1 aliphatic heterocycles. The summed E-state index contributed by atoms with van der Waals surface area (Å²) in [4.78, 5) is 7.44. The van der Waals surface area contributed by atoms with Gasteiger partial charge in [0.1, 0.15) is 0 Å². The van der Waals surface area contributed by atoms with Crippen LogP contribution in [0.5, 0.6) is 0 Å². The molecule has 4 bridgehead atoms. The molecule has 146 valence electrons. The topological polar surface area (TPSA) is 72.2 Å². The van der Waals surface area contributed by atoms with Gasteiger partial charge in [-0.25, -0.2) is 4.98 Å². The van der Waals surface area contributed by atoms with E-state index < -0.39 is 0 Å². The van der Waals surface area contributed by atoms with Gasteiger partial charge in [-0.05, 0) is 74.5 Å². The first-order valence-electron chi connectivity index (χ1n) is 10.6. The van der Waals surface area contributed by atoms with Gasteiger partial charge in [-0.1, -0.05) is 11.3 Å². The van der Waals surface area contributed by atoms with Crippen LogP contribution in [-0.2, 0) is 0 Å². The second kappa shape index (κ2) is 6.16. The van der Waals surface area contributed by atoms with Crippen molar-refractivity contribution in [1.82, 2.24) is 9.88 Å². The third kappa shape index (κ3) is 2.75. The number of hydrogen-bond acceptors (Lipinski definition) is 6. The molecular formula is C22H26N4OS. The second-order valence-corrected chi connectivity index (χ2v) is 10.7. The van der Waals surface area contributed by atoms with E-state index >= 15 is 0 Å². The molecule has 1 aromatic carbocycles. The predicted molar refractivity (Wildman–Crippen MR) is 110 cm³/mol. The van der Waals surface area contributed by atoms with E-state index in [-0.39, 0.29) is 5.60 Å². The van der Waals surface area contributed by atoms with E-state index in [2.05, 4.69) is 16.3 Å². The molecule has 1 saturated heterocycles. The van der Waals surface area contributed by atoms with Crippen molar-refractivity contribution >= 4 is 26.7 Å². The molecule has 6 heteroatoms. The Labute approximate surface area is 169 Å². The standard InChI is InChI=1S/C22H26N4OS/c23-11-13-1-2-18-19(7-13)28-21(25-18)24-17-3-4-26(12-17)20-15-5-14-6-16(20)10-22(27,8-14)9-15/h1-2,7,14-17,20,27H,3-6,8-10,12H2,(H,24,25)/t14?,15-,16?,17+,20?,22?/m0/s1. The summed E-state index contributed by atoms with van der Waals surface area (Å²) >= 11 is 1.65. The largest absolute Gasteiger partial charge is 0.390 e. The molecular weight excluding hydrogens is 368 g/mol. The monoisotopic (exact) mass is 394 g/mol. The SMILES string of the molecule is N#Cc1ccc2nc(N[C@@H]3CCN(C4C5CC6C[C@H]4CC(O)(C6)C5)C3)sc2c1. The minimum atomic E-state index is -0.340. The fourth-order valence-corrected chi connectivity index (χ4v) is 7.94. The van der Waals surface area contributed by atoms with Crippen LogP contribution in [0.4, 0.5) is 5.13 Å². The van der Waals surface area contributed by atoms with Crippen LogP contribution in [0.25, 0.3) is 10.2 Å². The molecule has 2 N–H and O–H groups in total. The van der Waals surface area contributed by atoms with Crippen LogP contribution in [0.1, 0.15) is 44.1 Å². The van der Waals surface area contributed by atoms with Gasteiger partial charge in [0.15, 0.2) is 5.13 Å². The molecule has 5 nitrogen and oxygen atoms in total. The van der Waals surface area contributed by atoms with Crippen LogP contribution in [0.2, 0.25) is 0 Å². The van der Waals surface area contributed by atoms with E-state index in [1.807, 2.05) is 18.2 Å². The molecule has 28 heavy (non-hydrogen) atoms. The zero-order valence-corrected chi connectivity index (χ0v) is 16.8. The van der Waals surface area contributed by atoms with E-state index in [4.69, 9.17) is 10.2 Å². The lowest BCUT2D eigenvalue weighted by Crippen LogP contribution is -2.61. The summed E-state index contributed by atoms with van der Waals surface area (Å²) in [5.74, 6) is 2.17. The minimum Gasteiger partial charge on any atom is -0.390 e. The Balaban J connectivity index is 1.15. The lowest BCUT2D eigenvalue weighted by Gasteiger charge is -2.60. The third-order valence-electron chi connectivity index (χ3n) is 7.68. The van der Waals surface area contributed by atoms with Gasteiger partial charge in [-0.2, -0.15) is 5.26 Å². The lowest BCUT2D eigenvalue weighted by molar-refractivity contribution is -0.157. The molecule has 4 saturated carbocycles. The summed E-state index contributed by atoms with van der Waals surface area (Å²) in [6.45, 7) is 2.24. The van der Waals surface area contributed by atoms with Gasteiger partial charge < -0.3 is 10.4 Å². The van der Waals surface area contributed by atoms with Gasteiger partial charge in [-0.3, -0.25) is 4.90 Å².